The number of para-hydroxylation sites is 1. The van der Waals surface area contributed by atoms with E-state index < -0.39 is 17.9 Å². The number of nitrogens with one attached hydrogen (secondary N) is 1. The van der Waals surface area contributed by atoms with E-state index in [4.69, 9.17) is 13.9 Å². The fraction of sp³-hybridized carbons (Fsp3) is 0.200. The van der Waals surface area contributed by atoms with Gasteiger partial charge in [0.1, 0.15) is 11.8 Å². The Bertz CT molecular complexity index is 977. The van der Waals surface area contributed by atoms with Crippen LogP contribution in [0.1, 0.15) is 12.8 Å². The molecular weight excluding hydrogens is 442 g/mol. The van der Waals surface area contributed by atoms with Crippen LogP contribution < -0.4 is 10.1 Å². The van der Waals surface area contributed by atoms with Crippen molar-refractivity contribution in [3.8, 4) is 17.2 Å². The molecule has 1 aromatic heterocycles. The maximum atomic E-state index is 12.1. The second-order valence-electron chi connectivity index (χ2n) is 5.98. The molecule has 0 saturated carbocycles. The van der Waals surface area contributed by atoms with Crippen molar-refractivity contribution in [3.05, 3.63) is 65.0 Å². The summed E-state index contributed by atoms with van der Waals surface area (Å²) in [4.78, 5) is 24.0. The van der Waals surface area contributed by atoms with E-state index in [2.05, 4.69) is 31.4 Å². The summed E-state index contributed by atoms with van der Waals surface area (Å²) in [6, 6.07) is 15.4. The molecule has 0 spiro atoms. The number of halogens is 1. The topological polar surface area (TPSA) is 104 Å². The average molecular weight is 460 g/mol. The molecule has 0 saturated heterocycles. The van der Waals surface area contributed by atoms with Crippen LogP contribution in [0.4, 0.5) is 0 Å². The number of carbonyl (C=O) groups excluding carboxylic acids is 2. The SMILES string of the molecule is C[C@@H](NC(=O)COc1ccccc1)C(=O)OCc1nnc(-c2ccccc2Br)o1. The number of benzene rings is 2. The molecule has 3 aromatic rings. The Morgan fingerprint density at radius 1 is 1.10 bits per heavy atom. The van der Waals surface area contributed by atoms with Gasteiger partial charge in [-0.1, -0.05) is 30.3 Å². The van der Waals surface area contributed by atoms with Gasteiger partial charge in [0, 0.05) is 4.47 Å². The monoisotopic (exact) mass is 459 g/mol. The summed E-state index contributed by atoms with van der Waals surface area (Å²) in [5.74, 6) is -0.0425. The minimum atomic E-state index is -0.854. The highest BCUT2D eigenvalue weighted by Crippen LogP contribution is 2.26. The Hall–Kier alpha value is -3.20. The Labute approximate surface area is 175 Å². The molecule has 0 fully saturated rings. The van der Waals surface area contributed by atoms with Crippen molar-refractivity contribution in [2.45, 2.75) is 19.6 Å². The maximum Gasteiger partial charge on any atom is 0.328 e. The summed E-state index contributed by atoms with van der Waals surface area (Å²) in [7, 11) is 0. The van der Waals surface area contributed by atoms with Crippen LogP contribution in [0.2, 0.25) is 0 Å². The number of nitrogens with zero attached hydrogens (tertiary/aromatic N) is 2. The van der Waals surface area contributed by atoms with Gasteiger partial charge < -0.3 is 19.2 Å². The predicted molar refractivity (Wildman–Crippen MR) is 107 cm³/mol. The van der Waals surface area contributed by atoms with Crippen molar-refractivity contribution in [1.82, 2.24) is 15.5 Å². The highest BCUT2D eigenvalue weighted by Gasteiger charge is 2.19. The lowest BCUT2D eigenvalue weighted by Crippen LogP contribution is -2.41. The molecule has 2 aromatic carbocycles. The van der Waals surface area contributed by atoms with Crippen LogP contribution in [0.25, 0.3) is 11.5 Å². The summed E-state index contributed by atoms with van der Waals surface area (Å²) >= 11 is 3.41. The summed E-state index contributed by atoms with van der Waals surface area (Å²) in [6.45, 7) is 1.11. The minimum absolute atomic E-state index is 0.148. The van der Waals surface area contributed by atoms with Gasteiger partial charge in [0.05, 0.1) is 5.56 Å². The molecule has 0 aliphatic heterocycles. The molecule has 1 amide bonds. The maximum absolute atomic E-state index is 12.1. The number of hydrogen-bond donors (Lipinski definition) is 1. The van der Waals surface area contributed by atoms with E-state index in [1.165, 1.54) is 6.92 Å². The quantitative estimate of drug-likeness (QED) is 0.515. The fourth-order valence-corrected chi connectivity index (χ4v) is 2.78. The number of esters is 1. The average Bonchev–Trinajstić information content (AvgIpc) is 3.20. The zero-order chi connectivity index (χ0) is 20.6. The molecule has 1 N–H and O–H groups in total. The molecule has 0 radical (unpaired) electrons. The number of carbonyl (C=O) groups is 2. The second-order valence-corrected chi connectivity index (χ2v) is 6.83. The first kappa shape index (κ1) is 20.5. The molecule has 0 unspecified atom stereocenters. The molecule has 1 atom stereocenters. The third kappa shape index (κ3) is 5.89. The van der Waals surface area contributed by atoms with E-state index in [0.717, 1.165) is 10.0 Å². The smallest absolute Gasteiger partial charge is 0.328 e. The third-order valence-electron chi connectivity index (χ3n) is 3.75. The van der Waals surface area contributed by atoms with Gasteiger partial charge in [-0.3, -0.25) is 4.79 Å². The highest BCUT2D eigenvalue weighted by molar-refractivity contribution is 9.10. The van der Waals surface area contributed by atoms with Crippen molar-refractivity contribution in [3.63, 3.8) is 0 Å². The number of rotatable bonds is 8. The lowest BCUT2D eigenvalue weighted by Gasteiger charge is -2.13. The van der Waals surface area contributed by atoms with Gasteiger partial charge in [0.2, 0.25) is 5.89 Å². The molecule has 8 nitrogen and oxygen atoms in total. The molecule has 150 valence electrons. The number of hydrogen-bond acceptors (Lipinski definition) is 7. The molecule has 29 heavy (non-hydrogen) atoms. The van der Waals surface area contributed by atoms with Gasteiger partial charge in [-0.2, -0.15) is 0 Å². The van der Waals surface area contributed by atoms with Crippen LogP contribution in [-0.2, 0) is 20.9 Å². The first-order valence-corrected chi connectivity index (χ1v) is 9.53. The summed E-state index contributed by atoms with van der Waals surface area (Å²) in [6.07, 6.45) is 0. The predicted octanol–water partition coefficient (Wildman–Crippen LogP) is 3.13. The van der Waals surface area contributed by atoms with Gasteiger partial charge in [-0.05, 0) is 47.1 Å². The van der Waals surface area contributed by atoms with Crippen LogP contribution in [0.15, 0.2) is 63.5 Å². The largest absolute Gasteiger partial charge is 0.484 e. The first-order chi connectivity index (χ1) is 14.0. The van der Waals surface area contributed by atoms with Gasteiger partial charge >= 0.3 is 5.97 Å². The van der Waals surface area contributed by atoms with E-state index >= 15 is 0 Å². The number of amides is 1. The van der Waals surface area contributed by atoms with Crippen molar-refractivity contribution in [1.29, 1.82) is 0 Å². The molecule has 0 aliphatic carbocycles. The molecule has 9 heteroatoms. The van der Waals surface area contributed by atoms with Crippen LogP contribution in [0, 0.1) is 0 Å². The lowest BCUT2D eigenvalue weighted by atomic mass is 10.2. The fourth-order valence-electron chi connectivity index (χ4n) is 2.32. The van der Waals surface area contributed by atoms with Crippen molar-refractivity contribution >= 4 is 27.8 Å². The van der Waals surface area contributed by atoms with Crippen LogP contribution in [0.5, 0.6) is 5.75 Å². The summed E-state index contributed by atoms with van der Waals surface area (Å²) < 4.78 is 16.8. The molecule has 0 aliphatic rings. The van der Waals surface area contributed by atoms with E-state index in [1.807, 2.05) is 30.3 Å². The molecular formula is C20H18BrN3O5. The van der Waals surface area contributed by atoms with Crippen LogP contribution in [-0.4, -0.2) is 34.7 Å². The highest BCUT2D eigenvalue weighted by atomic mass is 79.9. The van der Waals surface area contributed by atoms with E-state index in [-0.39, 0.29) is 19.1 Å². The summed E-state index contributed by atoms with van der Waals surface area (Å²) in [5, 5.41) is 10.3. The first-order valence-electron chi connectivity index (χ1n) is 8.74. The number of aromatic nitrogens is 2. The normalized spacial score (nSPS) is 11.5. The van der Waals surface area contributed by atoms with Crippen molar-refractivity contribution < 1.29 is 23.5 Å². The van der Waals surface area contributed by atoms with Crippen LogP contribution in [0.3, 0.4) is 0 Å². The zero-order valence-electron chi connectivity index (χ0n) is 15.5. The van der Waals surface area contributed by atoms with Crippen molar-refractivity contribution in [2.75, 3.05) is 6.61 Å². The van der Waals surface area contributed by atoms with E-state index in [9.17, 15) is 9.59 Å². The Kier molecular flexibility index (Phi) is 6.96. The summed E-state index contributed by atoms with van der Waals surface area (Å²) in [5.41, 5.74) is 0.733. The Balaban J connectivity index is 1.45. The molecule has 1 heterocycles. The van der Waals surface area contributed by atoms with Crippen LogP contribution >= 0.6 is 15.9 Å². The molecule has 3 rings (SSSR count). The molecule has 0 bridgehead atoms. The second kappa shape index (κ2) is 9.83. The van der Waals surface area contributed by atoms with Gasteiger partial charge in [0.15, 0.2) is 13.2 Å². The van der Waals surface area contributed by atoms with Gasteiger partial charge in [-0.25, -0.2) is 4.79 Å². The van der Waals surface area contributed by atoms with Crippen molar-refractivity contribution in [2.24, 2.45) is 0 Å². The number of ether oxygens (including phenoxy) is 2. The zero-order valence-corrected chi connectivity index (χ0v) is 17.1. The minimum Gasteiger partial charge on any atom is -0.484 e. The Morgan fingerprint density at radius 2 is 1.83 bits per heavy atom. The standard InChI is InChI=1S/C20H18BrN3O5/c1-13(22-17(25)11-27-14-7-3-2-4-8-14)20(26)28-12-18-23-24-19(29-18)15-9-5-6-10-16(15)21/h2-10,13H,11-12H2,1H3,(H,22,25)/t13-/m1/s1. The van der Waals surface area contributed by atoms with Gasteiger partial charge in [0.25, 0.3) is 11.8 Å². The Morgan fingerprint density at radius 3 is 2.59 bits per heavy atom. The van der Waals surface area contributed by atoms with E-state index in [1.54, 1.807) is 24.3 Å². The third-order valence-corrected chi connectivity index (χ3v) is 4.44. The van der Waals surface area contributed by atoms with E-state index in [0.29, 0.717) is 11.6 Å². The lowest BCUT2D eigenvalue weighted by molar-refractivity contribution is -0.149. The van der Waals surface area contributed by atoms with Gasteiger partial charge in [-0.15, -0.1) is 10.2 Å².